The summed E-state index contributed by atoms with van der Waals surface area (Å²) in [6.07, 6.45) is -0.324. The Morgan fingerprint density at radius 3 is 1.96 bits per heavy atom. The molecule has 0 unspecified atom stereocenters. The molecule has 7 nitrogen and oxygen atoms in total. The van der Waals surface area contributed by atoms with Gasteiger partial charge >= 0.3 is 6.09 Å². The van der Waals surface area contributed by atoms with E-state index in [0.29, 0.717) is 45.1 Å². The number of hydrogen-bond acceptors (Lipinski definition) is 5. The van der Waals surface area contributed by atoms with Gasteiger partial charge in [-0.15, -0.1) is 0 Å². The van der Waals surface area contributed by atoms with Crippen molar-refractivity contribution in [3.63, 3.8) is 0 Å². The van der Waals surface area contributed by atoms with Crippen molar-refractivity contribution in [3.05, 3.63) is 24.3 Å². The maximum atomic E-state index is 12.2. The molecule has 0 N–H and O–H groups in total. The number of carbonyl (C=O) groups is 2. The number of amides is 2. The number of hydrogen-bond donors (Lipinski definition) is 0. The molecule has 1 heterocycles. The van der Waals surface area contributed by atoms with E-state index in [1.165, 1.54) is 0 Å². The molecule has 0 radical (unpaired) electrons. The number of carbonyl (C=O) groups excluding carboxylic acids is 2. The van der Waals surface area contributed by atoms with Crippen LogP contribution in [-0.4, -0.2) is 67.8 Å². The maximum Gasteiger partial charge on any atom is 0.409 e. The third-order valence-electron chi connectivity index (χ3n) is 3.66. The minimum absolute atomic E-state index is 0.0204. The third kappa shape index (κ3) is 5.04. The fraction of sp³-hybridized carbons (Fsp3) is 0.529. The average molecular weight is 336 g/mol. The number of ether oxygens (including phenoxy) is 3. The molecule has 0 bridgehead atoms. The molecule has 7 heteroatoms. The van der Waals surface area contributed by atoms with Gasteiger partial charge in [-0.05, 0) is 38.1 Å². The standard InChI is InChI=1S/C17H24N2O5/c1-3-22-14-5-7-15(8-6-14)24-13-16(20)18-9-11-19(12-10-18)17(21)23-4-2/h5-8H,3-4,9-13H2,1-2H3. The van der Waals surface area contributed by atoms with E-state index < -0.39 is 0 Å². The van der Waals surface area contributed by atoms with E-state index >= 15 is 0 Å². The van der Waals surface area contributed by atoms with Crippen LogP contribution >= 0.6 is 0 Å². The summed E-state index contributed by atoms with van der Waals surface area (Å²) in [5.41, 5.74) is 0. The van der Waals surface area contributed by atoms with Crippen LogP contribution in [0.1, 0.15) is 13.8 Å². The molecular weight excluding hydrogens is 312 g/mol. The van der Waals surface area contributed by atoms with Crippen LogP contribution in [0.3, 0.4) is 0 Å². The van der Waals surface area contributed by atoms with Crippen molar-refractivity contribution in [1.82, 2.24) is 9.80 Å². The maximum absolute atomic E-state index is 12.2. The molecule has 2 rings (SSSR count). The highest BCUT2D eigenvalue weighted by atomic mass is 16.6. The summed E-state index contributed by atoms with van der Waals surface area (Å²) in [7, 11) is 0. The molecule has 0 saturated carbocycles. The molecule has 0 aromatic heterocycles. The van der Waals surface area contributed by atoms with Crippen molar-refractivity contribution in [2.24, 2.45) is 0 Å². The zero-order valence-electron chi connectivity index (χ0n) is 14.2. The fourth-order valence-electron chi connectivity index (χ4n) is 2.39. The monoisotopic (exact) mass is 336 g/mol. The summed E-state index contributed by atoms with van der Waals surface area (Å²) in [6, 6.07) is 7.16. The van der Waals surface area contributed by atoms with Crippen LogP contribution in [0.2, 0.25) is 0 Å². The highest BCUT2D eigenvalue weighted by Gasteiger charge is 2.24. The van der Waals surface area contributed by atoms with E-state index in [4.69, 9.17) is 14.2 Å². The number of benzene rings is 1. The Labute approximate surface area is 142 Å². The third-order valence-corrected chi connectivity index (χ3v) is 3.66. The lowest BCUT2D eigenvalue weighted by atomic mass is 10.3. The van der Waals surface area contributed by atoms with E-state index in [1.54, 1.807) is 41.0 Å². The second-order valence-corrected chi connectivity index (χ2v) is 5.26. The first-order valence-electron chi connectivity index (χ1n) is 8.19. The molecule has 1 aliphatic heterocycles. The van der Waals surface area contributed by atoms with Crippen molar-refractivity contribution < 1.29 is 23.8 Å². The highest BCUT2D eigenvalue weighted by Crippen LogP contribution is 2.17. The van der Waals surface area contributed by atoms with Crippen LogP contribution in [-0.2, 0) is 9.53 Å². The molecule has 0 aliphatic carbocycles. The summed E-state index contributed by atoms with van der Waals surface area (Å²) >= 11 is 0. The zero-order chi connectivity index (χ0) is 17.4. The van der Waals surface area contributed by atoms with E-state index in [9.17, 15) is 9.59 Å². The predicted octanol–water partition coefficient (Wildman–Crippen LogP) is 1.76. The normalized spacial score (nSPS) is 14.2. The molecule has 0 atom stereocenters. The van der Waals surface area contributed by atoms with Crippen LogP contribution in [0.5, 0.6) is 11.5 Å². The molecule has 132 valence electrons. The van der Waals surface area contributed by atoms with Crippen molar-refractivity contribution in [2.45, 2.75) is 13.8 Å². The van der Waals surface area contributed by atoms with Gasteiger partial charge in [-0.2, -0.15) is 0 Å². The molecule has 24 heavy (non-hydrogen) atoms. The number of rotatable bonds is 6. The lowest BCUT2D eigenvalue weighted by Crippen LogP contribution is -2.51. The molecular formula is C17H24N2O5. The second-order valence-electron chi connectivity index (χ2n) is 5.26. The van der Waals surface area contributed by atoms with Crippen molar-refractivity contribution >= 4 is 12.0 Å². The van der Waals surface area contributed by atoms with Gasteiger partial charge in [0.15, 0.2) is 6.61 Å². The van der Waals surface area contributed by atoms with Gasteiger partial charge in [-0.3, -0.25) is 4.79 Å². The summed E-state index contributed by atoms with van der Waals surface area (Å²) < 4.78 is 15.8. The molecule has 1 aliphatic rings. The van der Waals surface area contributed by atoms with Crippen LogP contribution in [0.4, 0.5) is 4.79 Å². The van der Waals surface area contributed by atoms with Crippen LogP contribution in [0.25, 0.3) is 0 Å². The summed E-state index contributed by atoms with van der Waals surface area (Å²) in [5, 5.41) is 0. The van der Waals surface area contributed by atoms with E-state index in [-0.39, 0.29) is 18.6 Å². The van der Waals surface area contributed by atoms with Gasteiger partial charge in [0.1, 0.15) is 11.5 Å². The van der Waals surface area contributed by atoms with Crippen LogP contribution in [0.15, 0.2) is 24.3 Å². The quantitative estimate of drug-likeness (QED) is 0.792. The largest absolute Gasteiger partial charge is 0.494 e. The summed E-state index contributed by atoms with van der Waals surface area (Å²) in [5.74, 6) is 1.30. The Hall–Kier alpha value is -2.44. The van der Waals surface area contributed by atoms with Gasteiger partial charge in [-0.25, -0.2) is 4.79 Å². The minimum Gasteiger partial charge on any atom is -0.494 e. The molecule has 0 spiro atoms. The Balaban J connectivity index is 1.74. The summed E-state index contributed by atoms with van der Waals surface area (Å²) in [6.45, 7) is 6.58. The van der Waals surface area contributed by atoms with Gasteiger partial charge in [0.2, 0.25) is 0 Å². The van der Waals surface area contributed by atoms with Crippen molar-refractivity contribution in [2.75, 3.05) is 46.0 Å². The zero-order valence-corrected chi connectivity index (χ0v) is 14.2. The SMILES string of the molecule is CCOC(=O)N1CCN(C(=O)COc2ccc(OCC)cc2)CC1. The van der Waals surface area contributed by atoms with Crippen molar-refractivity contribution in [1.29, 1.82) is 0 Å². The summed E-state index contributed by atoms with van der Waals surface area (Å²) in [4.78, 5) is 27.1. The van der Waals surface area contributed by atoms with Gasteiger partial charge in [0.25, 0.3) is 5.91 Å². The molecule has 1 fully saturated rings. The van der Waals surface area contributed by atoms with Crippen molar-refractivity contribution in [3.8, 4) is 11.5 Å². The van der Waals surface area contributed by atoms with E-state index in [2.05, 4.69) is 0 Å². The topological polar surface area (TPSA) is 68.3 Å². The minimum atomic E-state index is -0.324. The van der Waals surface area contributed by atoms with Gasteiger partial charge in [0.05, 0.1) is 13.2 Å². The lowest BCUT2D eigenvalue weighted by molar-refractivity contribution is -0.134. The van der Waals surface area contributed by atoms with E-state index in [0.717, 1.165) is 5.75 Å². The highest BCUT2D eigenvalue weighted by molar-refractivity contribution is 5.78. The average Bonchev–Trinajstić information content (AvgIpc) is 2.61. The Morgan fingerprint density at radius 1 is 0.875 bits per heavy atom. The van der Waals surface area contributed by atoms with Crippen LogP contribution in [0, 0.1) is 0 Å². The van der Waals surface area contributed by atoms with Gasteiger partial charge in [0, 0.05) is 26.2 Å². The molecule has 1 aromatic carbocycles. The Bertz CT molecular complexity index is 538. The smallest absolute Gasteiger partial charge is 0.409 e. The number of piperazine rings is 1. The molecule has 1 saturated heterocycles. The first kappa shape index (κ1) is 17.9. The van der Waals surface area contributed by atoms with Crippen LogP contribution < -0.4 is 9.47 Å². The lowest BCUT2D eigenvalue weighted by Gasteiger charge is -2.33. The number of nitrogens with zero attached hydrogens (tertiary/aromatic N) is 2. The first-order valence-corrected chi connectivity index (χ1v) is 8.19. The Kier molecular flexibility index (Phi) is 6.72. The second kappa shape index (κ2) is 9.00. The first-order chi connectivity index (χ1) is 11.6. The predicted molar refractivity (Wildman–Crippen MR) is 88.3 cm³/mol. The van der Waals surface area contributed by atoms with Gasteiger partial charge in [-0.1, -0.05) is 0 Å². The van der Waals surface area contributed by atoms with Gasteiger partial charge < -0.3 is 24.0 Å². The molecule has 2 amide bonds. The molecule has 1 aromatic rings. The van der Waals surface area contributed by atoms with E-state index in [1.807, 2.05) is 6.92 Å². The Morgan fingerprint density at radius 2 is 1.42 bits per heavy atom. The fourth-order valence-corrected chi connectivity index (χ4v) is 2.39.